The summed E-state index contributed by atoms with van der Waals surface area (Å²) in [6.07, 6.45) is 2.97. The summed E-state index contributed by atoms with van der Waals surface area (Å²) in [4.78, 5) is 4.93. The zero-order chi connectivity index (χ0) is 22.0. The summed E-state index contributed by atoms with van der Waals surface area (Å²) in [5, 5.41) is 1.23. The van der Waals surface area contributed by atoms with Gasteiger partial charge in [0.2, 0.25) is 0 Å². The predicted molar refractivity (Wildman–Crippen MR) is 123 cm³/mol. The Bertz CT molecular complexity index is 1320. The Morgan fingerprint density at radius 2 is 1.52 bits per heavy atom. The van der Waals surface area contributed by atoms with Gasteiger partial charge in [0.05, 0.1) is 16.3 Å². The van der Waals surface area contributed by atoms with E-state index in [-0.39, 0.29) is 11.5 Å². The smallest absolute Gasteiger partial charge is 0.177 e. The lowest BCUT2D eigenvalue weighted by Crippen LogP contribution is -2.05. The summed E-state index contributed by atoms with van der Waals surface area (Å²) in [7, 11) is -3.45. The number of hydrogen-bond donors (Lipinski definition) is 0. The first-order valence-electron chi connectivity index (χ1n) is 9.33. The maximum Gasteiger partial charge on any atom is 0.177 e. The molecule has 4 rings (SSSR count). The molecule has 4 aromatic rings. The average Bonchev–Trinajstić information content (AvgIpc) is 3.17. The summed E-state index contributed by atoms with van der Waals surface area (Å²) < 4.78 is 32.3. The third-order valence-corrected chi connectivity index (χ3v) is 6.23. The molecule has 0 unspecified atom stereocenters. The number of para-hydroxylation sites is 1. The van der Waals surface area contributed by atoms with Crippen molar-refractivity contribution >= 4 is 33.0 Å². The molecule has 0 spiro atoms. The van der Waals surface area contributed by atoms with Crippen molar-refractivity contribution < 1.29 is 13.2 Å². The van der Waals surface area contributed by atoms with Crippen molar-refractivity contribution in [2.45, 2.75) is 11.5 Å². The normalized spacial score (nSPS) is 11.5. The fourth-order valence-corrected chi connectivity index (χ4v) is 4.27. The Morgan fingerprint density at radius 1 is 0.903 bits per heavy atom. The fraction of sp³-hybridized carbons (Fsp3) is 0.0870. The van der Waals surface area contributed by atoms with Crippen molar-refractivity contribution in [1.29, 1.82) is 0 Å². The lowest BCUT2D eigenvalue weighted by Gasteiger charge is -2.12. The minimum absolute atomic E-state index is 0.205. The maximum atomic E-state index is 12.4. The molecule has 0 saturated heterocycles. The topological polar surface area (TPSA) is 61.2 Å². The summed E-state index contributed by atoms with van der Waals surface area (Å²) in [5.74, 6) is 1.24. The Labute approximate surface area is 190 Å². The van der Waals surface area contributed by atoms with E-state index in [9.17, 15) is 8.42 Å². The van der Waals surface area contributed by atoms with E-state index in [1.54, 1.807) is 71.4 Å². The van der Waals surface area contributed by atoms with Crippen LogP contribution in [0, 0.1) is 0 Å². The highest BCUT2D eigenvalue weighted by atomic mass is 35.5. The minimum Gasteiger partial charge on any atom is -0.487 e. The molecule has 5 nitrogen and oxygen atoms in total. The molecule has 0 radical (unpaired) electrons. The van der Waals surface area contributed by atoms with Crippen molar-refractivity contribution in [3.8, 4) is 22.8 Å². The van der Waals surface area contributed by atoms with E-state index in [1.165, 1.54) is 6.26 Å². The van der Waals surface area contributed by atoms with E-state index in [1.807, 2.05) is 12.1 Å². The van der Waals surface area contributed by atoms with Crippen LogP contribution in [0.1, 0.15) is 5.69 Å². The first-order chi connectivity index (χ1) is 14.8. The van der Waals surface area contributed by atoms with E-state index in [0.29, 0.717) is 33.0 Å². The number of sulfone groups is 1. The predicted octanol–water partition coefficient (Wildman–Crippen LogP) is 5.83. The molecule has 0 fully saturated rings. The molecule has 0 amide bonds. The molecule has 3 aromatic carbocycles. The molecule has 0 bridgehead atoms. The molecule has 0 atom stereocenters. The third kappa shape index (κ3) is 4.93. The highest BCUT2D eigenvalue weighted by molar-refractivity contribution is 7.90. The molecular weight excluding hydrogens is 455 g/mol. The summed E-state index contributed by atoms with van der Waals surface area (Å²) in [6.45, 7) is 0.205. The molecule has 31 heavy (non-hydrogen) atoms. The number of imidazole rings is 1. The van der Waals surface area contributed by atoms with Crippen LogP contribution in [0.4, 0.5) is 0 Å². The zero-order valence-electron chi connectivity index (χ0n) is 16.5. The second kappa shape index (κ2) is 8.75. The molecule has 1 aromatic heterocycles. The standard InChI is InChI=1S/C23H18Cl2N2O3S/c1-31(28,29)22-5-3-2-4-21(22)27-14-19(15-30-20-12-10-18(25)11-13-20)26-23(27)16-6-8-17(24)9-7-16/h2-14H,15H2,1H3. The summed E-state index contributed by atoms with van der Waals surface area (Å²) >= 11 is 12.0. The van der Waals surface area contributed by atoms with Crippen molar-refractivity contribution in [3.05, 3.63) is 94.7 Å². The van der Waals surface area contributed by atoms with Gasteiger partial charge in [-0.15, -0.1) is 0 Å². The zero-order valence-corrected chi connectivity index (χ0v) is 18.8. The third-order valence-electron chi connectivity index (χ3n) is 4.58. The molecule has 0 aliphatic heterocycles. The van der Waals surface area contributed by atoms with E-state index < -0.39 is 9.84 Å². The van der Waals surface area contributed by atoms with Crippen LogP contribution >= 0.6 is 23.2 Å². The average molecular weight is 473 g/mol. The molecule has 158 valence electrons. The molecule has 0 aliphatic carbocycles. The second-order valence-electron chi connectivity index (χ2n) is 6.92. The molecule has 1 heterocycles. The van der Waals surface area contributed by atoms with Crippen LogP contribution < -0.4 is 4.74 Å². The minimum atomic E-state index is -3.45. The molecule has 8 heteroatoms. The van der Waals surface area contributed by atoms with E-state index in [0.717, 1.165) is 5.56 Å². The van der Waals surface area contributed by atoms with Crippen LogP contribution in [-0.4, -0.2) is 24.2 Å². The van der Waals surface area contributed by atoms with Gasteiger partial charge in [0.1, 0.15) is 18.2 Å². The van der Waals surface area contributed by atoms with Crippen LogP contribution in [0.3, 0.4) is 0 Å². The van der Waals surface area contributed by atoms with Crippen molar-refractivity contribution in [2.75, 3.05) is 6.26 Å². The number of aromatic nitrogens is 2. The lowest BCUT2D eigenvalue weighted by atomic mass is 10.2. The SMILES string of the molecule is CS(=O)(=O)c1ccccc1-n1cc(COc2ccc(Cl)cc2)nc1-c1ccc(Cl)cc1. The fourth-order valence-electron chi connectivity index (χ4n) is 3.14. The van der Waals surface area contributed by atoms with Crippen LogP contribution in [-0.2, 0) is 16.4 Å². The summed E-state index contributed by atoms with van der Waals surface area (Å²) in [6, 6.07) is 21.1. The highest BCUT2D eigenvalue weighted by Crippen LogP contribution is 2.28. The monoisotopic (exact) mass is 472 g/mol. The highest BCUT2D eigenvalue weighted by Gasteiger charge is 2.19. The van der Waals surface area contributed by atoms with Gasteiger partial charge in [0.25, 0.3) is 0 Å². The van der Waals surface area contributed by atoms with Crippen molar-refractivity contribution in [3.63, 3.8) is 0 Å². The molecule has 0 aliphatic rings. The van der Waals surface area contributed by atoms with Crippen LogP contribution in [0.25, 0.3) is 17.1 Å². The number of hydrogen-bond acceptors (Lipinski definition) is 4. The van der Waals surface area contributed by atoms with E-state index in [2.05, 4.69) is 0 Å². The number of ether oxygens (including phenoxy) is 1. The maximum absolute atomic E-state index is 12.4. The van der Waals surface area contributed by atoms with Gasteiger partial charge >= 0.3 is 0 Å². The van der Waals surface area contributed by atoms with Gasteiger partial charge in [-0.3, -0.25) is 4.57 Å². The van der Waals surface area contributed by atoms with Gasteiger partial charge in [-0.25, -0.2) is 13.4 Å². The molecule has 0 N–H and O–H groups in total. The van der Waals surface area contributed by atoms with Crippen molar-refractivity contribution in [1.82, 2.24) is 9.55 Å². The molecular formula is C23H18Cl2N2O3S. The largest absolute Gasteiger partial charge is 0.487 e. The number of rotatable bonds is 6. The number of halogens is 2. The van der Waals surface area contributed by atoms with Gasteiger partial charge in [0, 0.05) is 28.1 Å². The number of nitrogens with zero attached hydrogens (tertiary/aromatic N) is 2. The van der Waals surface area contributed by atoms with Gasteiger partial charge in [-0.05, 0) is 60.7 Å². The second-order valence-corrected chi connectivity index (χ2v) is 9.77. The van der Waals surface area contributed by atoms with Gasteiger partial charge in [0.15, 0.2) is 9.84 Å². The van der Waals surface area contributed by atoms with Gasteiger partial charge in [-0.1, -0.05) is 35.3 Å². The van der Waals surface area contributed by atoms with Gasteiger partial charge < -0.3 is 4.74 Å². The Balaban J connectivity index is 1.78. The van der Waals surface area contributed by atoms with Crippen LogP contribution in [0.5, 0.6) is 5.75 Å². The Kier molecular flexibility index (Phi) is 6.05. The lowest BCUT2D eigenvalue weighted by molar-refractivity contribution is 0.302. The quantitative estimate of drug-likeness (QED) is 0.354. The Hall–Kier alpha value is -2.80. The first kappa shape index (κ1) is 21.4. The van der Waals surface area contributed by atoms with Crippen LogP contribution in [0.2, 0.25) is 10.0 Å². The van der Waals surface area contributed by atoms with Crippen molar-refractivity contribution in [2.24, 2.45) is 0 Å². The first-order valence-corrected chi connectivity index (χ1v) is 12.0. The summed E-state index contributed by atoms with van der Waals surface area (Å²) in [5.41, 5.74) is 1.95. The van der Waals surface area contributed by atoms with E-state index >= 15 is 0 Å². The number of benzene rings is 3. The molecule has 0 saturated carbocycles. The van der Waals surface area contributed by atoms with Crippen LogP contribution in [0.15, 0.2) is 83.9 Å². The van der Waals surface area contributed by atoms with Gasteiger partial charge in [-0.2, -0.15) is 0 Å². The Morgan fingerprint density at radius 3 is 2.16 bits per heavy atom. The van der Waals surface area contributed by atoms with E-state index in [4.69, 9.17) is 32.9 Å².